The first-order valence-corrected chi connectivity index (χ1v) is 5.70. The molecule has 1 atom stereocenters. The normalized spacial score (nSPS) is 28.4. The first-order chi connectivity index (χ1) is 6.36. The first-order valence-electron chi connectivity index (χ1n) is 5.70. The van der Waals surface area contributed by atoms with Crippen molar-refractivity contribution >= 4 is 0 Å². The summed E-state index contributed by atoms with van der Waals surface area (Å²) < 4.78 is 5.16. The van der Waals surface area contributed by atoms with E-state index >= 15 is 0 Å². The maximum Gasteiger partial charge on any atom is 0.0643 e. The van der Waals surface area contributed by atoms with E-state index in [4.69, 9.17) is 4.74 Å². The van der Waals surface area contributed by atoms with Crippen molar-refractivity contribution in [1.82, 2.24) is 5.32 Å². The summed E-state index contributed by atoms with van der Waals surface area (Å²) in [5.74, 6) is 0.925. The molecule has 2 rings (SSSR count). The summed E-state index contributed by atoms with van der Waals surface area (Å²) in [6.45, 7) is 4.20. The van der Waals surface area contributed by atoms with Crippen molar-refractivity contribution in [2.24, 2.45) is 5.92 Å². The molecule has 0 aromatic heterocycles. The quantitative estimate of drug-likeness (QED) is 0.722. The highest BCUT2D eigenvalue weighted by molar-refractivity contribution is 4.82. The minimum atomic E-state index is 0.650. The molecule has 2 nitrogen and oxygen atoms in total. The van der Waals surface area contributed by atoms with Gasteiger partial charge in [-0.3, -0.25) is 0 Å². The highest BCUT2D eigenvalue weighted by atomic mass is 16.5. The molecular formula is C11H21NO. The van der Waals surface area contributed by atoms with Crippen LogP contribution in [0.2, 0.25) is 0 Å². The molecule has 13 heavy (non-hydrogen) atoms. The van der Waals surface area contributed by atoms with E-state index in [1.807, 2.05) is 0 Å². The monoisotopic (exact) mass is 183 g/mol. The van der Waals surface area contributed by atoms with Crippen LogP contribution < -0.4 is 5.32 Å². The van der Waals surface area contributed by atoms with Gasteiger partial charge in [0.05, 0.1) is 19.3 Å². The van der Waals surface area contributed by atoms with Gasteiger partial charge in [0, 0.05) is 6.04 Å². The summed E-state index contributed by atoms with van der Waals surface area (Å²) in [5, 5.41) is 3.66. The summed E-state index contributed by atoms with van der Waals surface area (Å²) in [7, 11) is 0. The fourth-order valence-corrected chi connectivity index (χ4v) is 2.47. The second-order valence-electron chi connectivity index (χ2n) is 4.59. The Morgan fingerprint density at radius 1 is 1.15 bits per heavy atom. The van der Waals surface area contributed by atoms with Crippen LogP contribution in [0.15, 0.2) is 0 Å². The maximum atomic E-state index is 5.16. The van der Waals surface area contributed by atoms with Gasteiger partial charge in [-0.05, 0) is 25.7 Å². The van der Waals surface area contributed by atoms with Crippen molar-refractivity contribution in [3.05, 3.63) is 0 Å². The summed E-state index contributed by atoms with van der Waals surface area (Å²) >= 11 is 0. The van der Waals surface area contributed by atoms with Crippen molar-refractivity contribution < 1.29 is 4.74 Å². The van der Waals surface area contributed by atoms with Crippen molar-refractivity contribution in [1.29, 1.82) is 0 Å². The lowest BCUT2D eigenvalue weighted by Gasteiger charge is -2.35. The Morgan fingerprint density at radius 2 is 1.85 bits per heavy atom. The van der Waals surface area contributed by atoms with Gasteiger partial charge in [0.2, 0.25) is 0 Å². The maximum absolute atomic E-state index is 5.16. The van der Waals surface area contributed by atoms with Crippen molar-refractivity contribution in [2.45, 2.75) is 51.1 Å². The number of rotatable bonds is 3. The Kier molecular flexibility index (Phi) is 3.23. The predicted octanol–water partition coefficient (Wildman–Crippen LogP) is 1.94. The average Bonchev–Trinajstić information content (AvgIpc) is 2.12. The van der Waals surface area contributed by atoms with Crippen molar-refractivity contribution in [2.75, 3.05) is 13.2 Å². The first kappa shape index (κ1) is 9.47. The molecule has 0 bridgehead atoms. The Balaban J connectivity index is 1.70. The van der Waals surface area contributed by atoms with E-state index in [0.717, 1.165) is 19.1 Å². The molecule has 1 aliphatic carbocycles. The SMILES string of the molecule is C[C@@H](NC1COC1)C1CCCCC1. The average molecular weight is 183 g/mol. The van der Waals surface area contributed by atoms with E-state index < -0.39 is 0 Å². The molecule has 0 aromatic carbocycles. The molecule has 2 aliphatic rings. The molecule has 76 valence electrons. The van der Waals surface area contributed by atoms with Gasteiger partial charge >= 0.3 is 0 Å². The lowest BCUT2D eigenvalue weighted by atomic mass is 9.84. The zero-order valence-corrected chi connectivity index (χ0v) is 8.59. The van der Waals surface area contributed by atoms with E-state index in [2.05, 4.69) is 12.2 Å². The lowest BCUT2D eigenvalue weighted by molar-refractivity contribution is -0.0131. The van der Waals surface area contributed by atoms with Gasteiger partial charge in [0.25, 0.3) is 0 Å². The molecule has 1 aliphatic heterocycles. The molecule has 2 fully saturated rings. The Hall–Kier alpha value is -0.0800. The highest BCUT2D eigenvalue weighted by Crippen LogP contribution is 2.26. The highest BCUT2D eigenvalue weighted by Gasteiger charge is 2.25. The zero-order valence-electron chi connectivity index (χ0n) is 8.59. The van der Waals surface area contributed by atoms with E-state index in [0.29, 0.717) is 12.1 Å². The molecule has 1 saturated carbocycles. The predicted molar refractivity (Wildman–Crippen MR) is 53.8 cm³/mol. The standard InChI is InChI=1S/C11H21NO/c1-9(12-11-7-13-8-11)10-5-3-2-4-6-10/h9-12H,2-8H2,1H3/t9-/m1/s1. The largest absolute Gasteiger partial charge is 0.378 e. The van der Waals surface area contributed by atoms with Gasteiger partial charge in [0.1, 0.15) is 0 Å². The van der Waals surface area contributed by atoms with Gasteiger partial charge in [-0.1, -0.05) is 19.3 Å². The van der Waals surface area contributed by atoms with Crippen molar-refractivity contribution in [3.8, 4) is 0 Å². The molecule has 0 spiro atoms. The van der Waals surface area contributed by atoms with Gasteiger partial charge < -0.3 is 10.1 Å². The molecule has 1 heterocycles. The van der Waals surface area contributed by atoms with Gasteiger partial charge in [-0.2, -0.15) is 0 Å². The Labute approximate surface area is 81.0 Å². The fraction of sp³-hybridized carbons (Fsp3) is 1.00. The van der Waals surface area contributed by atoms with Crippen LogP contribution in [0.25, 0.3) is 0 Å². The summed E-state index contributed by atoms with van der Waals surface area (Å²) in [4.78, 5) is 0. The number of ether oxygens (including phenoxy) is 1. The number of hydrogen-bond donors (Lipinski definition) is 1. The smallest absolute Gasteiger partial charge is 0.0643 e. The van der Waals surface area contributed by atoms with Crippen LogP contribution in [0, 0.1) is 5.92 Å². The Morgan fingerprint density at radius 3 is 2.38 bits per heavy atom. The van der Waals surface area contributed by atoms with Crippen LogP contribution in [0.3, 0.4) is 0 Å². The van der Waals surface area contributed by atoms with E-state index in [9.17, 15) is 0 Å². The van der Waals surface area contributed by atoms with Crippen LogP contribution >= 0.6 is 0 Å². The molecule has 0 unspecified atom stereocenters. The van der Waals surface area contributed by atoms with Crippen molar-refractivity contribution in [3.63, 3.8) is 0 Å². The van der Waals surface area contributed by atoms with E-state index in [-0.39, 0.29) is 0 Å². The summed E-state index contributed by atoms with van der Waals surface area (Å²) in [6, 6.07) is 1.35. The van der Waals surface area contributed by atoms with Crippen LogP contribution in [0.4, 0.5) is 0 Å². The summed E-state index contributed by atoms with van der Waals surface area (Å²) in [5.41, 5.74) is 0. The van der Waals surface area contributed by atoms with Crippen LogP contribution in [0.1, 0.15) is 39.0 Å². The third-order valence-electron chi connectivity index (χ3n) is 3.49. The van der Waals surface area contributed by atoms with Gasteiger partial charge in [0.15, 0.2) is 0 Å². The molecule has 0 amide bonds. The van der Waals surface area contributed by atoms with Gasteiger partial charge in [-0.25, -0.2) is 0 Å². The van der Waals surface area contributed by atoms with E-state index in [1.165, 1.54) is 32.1 Å². The minimum Gasteiger partial charge on any atom is -0.378 e. The second kappa shape index (κ2) is 4.43. The zero-order chi connectivity index (χ0) is 9.10. The van der Waals surface area contributed by atoms with Crippen LogP contribution in [-0.4, -0.2) is 25.3 Å². The second-order valence-corrected chi connectivity index (χ2v) is 4.59. The molecule has 1 saturated heterocycles. The molecule has 0 aromatic rings. The minimum absolute atomic E-state index is 0.650. The van der Waals surface area contributed by atoms with Gasteiger partial charge in [-0.15, -0.1) is 0 Å². The molecular weight excluding hydrogens is 162 g/mol. The number of hydrogen-bond acceptors (Lipinski definition) is 2. The lowest BCUT2D eigenvalue weighted by Crippen LogP contribution is -2.51. The Bertz CT molecular complexity index is 150. The molecule has 1 N–H and O–H groups in total. The molecule has 0 radical (unpaired) electrons. The van der Waals surface area contributed by atoms with Crippen LogP contribution in [-0.2, 0) is 4.74 Å². The molecule has 2 heteroatoms. The van der Waals surface area contributed by atoms with Crippen LogP contribution in [0.5, 0.6) is 0 Å². The topological polar surface area (TPSA) is 21.3 Å². The fourth-order valence-electron chi connectivity index (χ4n) is 2.47. The third kappa shape index (κ3) is 2.44. The third-order valence-corrected chi connectivity index (χ3v) is 3.49. The summed E-state index contributed by atoms with van der Waals surface area (Å²) in [6.07, 6.45) is 7.20. The van der Waals surface area contributed by atoms with E-state index in [1.54, 1.807) is 0 Å². The number of nitrogens with one attached hydrogen (secondary N) is 1.